The van der Waals surface area contributed by atoms with Crippen LogP contribution in [0, 0.1) is 0 Å². The van der Waals surface area contributed by atoms with Crippen LogP contribution < -0.4 is 4.90 Å². The van der Waals surface area contributed by atoms with Gasteiger partial charge in [0.2, 0.25) is 0 Å². The highest BCUT2D eigenvalue weighted by Gasteiger charge is 2.14. The number of hydrogen-bond acceptors (Lipinski definition) is 2. The van der Waals surface area contributed by atoms with Crippen LogP contribution in [0.1, 0.15) is 13.8 Å². The smallest absolute Gasteiger partial charge is 0.325 e. The Balaban J connectivity index is 0.000000307. The lowest BCUT2D eigenvalue weighted by Crippen LogP contribution is -2.24. The molecule has 0 heterocycles. The maximum Gasteiger partial charge on any atom is 0.325 e. The van der Waals surface area contributed by atoms with E-state index in [0.29, 0.717) is 13.1 Å². The highest BCUT2D eigenvalue weighted by Crippen LogP contribution is 2.26. The molecule has 4 nitrogen and oxygen atoms in total. The Kier molecular flexibility index (Phi) is 8.90. The number of anilines is 2. The summed E-state index contributed by atoms with van der Waals surface area (Å²) in [6, 6.07) is 18.6. The zero-order valence-corrected chi connectivity index (χ0v) is 15.2. The maximum atomic E-state index is 11.4. The molecule has 24 heavy (non-hydrogen) atoms. The van der Waals surface area contributed by atoms with Crippen LogP contribution >= 0.6 is 23.2 Å². The molecule has 0 aromatic heterocycles. The molecule has 0 aliphatic carbocycles. The number of nitrogens with zero attached hydrogens (tertiary/aromatic N) is 2. The third-order valence-electron chi connectivity index (χ3n) is 3.22. The predicted octanol–water partition coefficient (Wildman–Crippen LogP) is 5.87. The lowest BCUT2D eigenvalue weighted by molar-refractivity contribution is 0.227. The minimum Gasteiger partial charge on any atom is -0.330 e. The van der Waals surface area contributed by atoms with Crippen LogP contribution in [0.4, 0.5) is 21.0 Å². The first-order valence-electron chi connectivity index (χ1n) is 7.55. The van der Waals surface area contributed by atoms with Crippen molar-refractivity contribution in [2.24, 2.45) is 0 Å². The lowest BCUT2D eigenvalue weighted by Gasteiger charge is -2.19. The third-order valence-corrected chi connectivity index (χ3v) is 3.62. The van der Waals surface area contributed by atoms with Crippen molar-refractivity contribution in [3.05, 3.63) is 60.7 Å². The zero-order chi connectivity index (χ0) is 17.9. The van der Waals surface area contributed by atoms with Gasteiger partial charge in [0.1, 0.15) is 0 Å². The summed E-state index contributed by atoms with van der Waals surface area (Å²) in [6.07, 6.45) is 0. The fraction of sp³-hybridized carbons (Fsp3) is 0.222. The Morgan fingerprint density at radius 2 is 1.12 bits per heavy atom. The standard InChI is InChI=1S/C13H10ClNO.C5H10ClNO/c14-13(16)15(11-7-3-1-4-8-11)12-9-5-2-6-10-12;1-3-7(4-2)5(6)8/h1-10H;3-4H2,1-2H3. The number of para-hydroxylation sites is 2. The molecule has 0 saturated heterocycles. The van der Waals surface area contributed by atoms with Crippen molar-refractivity contribution in [3.63, 3.8) is 0 Å². The molecular formula is C18H20Cl2N2O2. The molecule has 0 spiro atoms. The Bertz CT molecular complexity index is 592. The van der Waals surface area contributed by atoms with Crippen LogP contribution in [0.25, 0.3) is 0 Å². The van der Waals surface area contributed by atoms with E-state index >= 15 is 0 Å². The molecule has 6 heteroatoms. The van der Waals surface area contributed by atoms with E-state index in [-0.39, 0.29) is 5.37 Å². The van der Waals surface area contributed by atoms with Gasteiger partial charge in [-0.3, -0.25) is 14.5 Å². The van der Waals surface area contributed by atoms with E-state index in [1.54, 1.807) is 4.90 Å². The first kappa shape index (κ1) is 20.0. The van der Waals surface area contributed by atoms with E-state index in [9.17, 15) is 9.59 Å². The molecule has 0 radical (unpaired) electrons. The van der Waals surface area contributed by atoms with Gasteiger partial charge in [-0.2, -0.15) is 0 Å². The Hall–Kier alpha value is -2.04. The van der Waals surface area contributed by atoms with E-state index in [1.165, 1.54) is 4.90 Å². The van der Waals surface area contributed by atoms with Gasteiger partial charge in [-0.25, -0.2) is 0 Å². The van der Waals surface area contributed by atoms with Crippen LogP contribution in [0.3, 0.4) is 0 Å². The van der Waals surface area contributed by atoms with E-state index in [4.69, 9.17) is 23.2 Å². The second kappa shape index (κ2) is 10.7. The van der Waals surface area contributed by atoms with Gasteiger partial charge in [-0.15, -0.1) is 0 Å². The molecule has 0 atom stereocenters. The van der Waals surface area contributed by atoms with Gasteiger partial charge in [0.05, 0.1) is 11.4 Å². The monoisotopic (exact) mass is 366 g/mol. The van der Waals surface area contributed by atoms with Gasteiger partial charge in [0, 0.05) is 13.1 Å². The molecule has 2 aromatic carbocycles. The van der Waals surface area contributed by atoms with Gasteiger partial charge < -0.3 is 4.90 Å². The molecule has 2 aromatic rings. The second-order valence-corrected chi connectivity index (χ2v) is 5.33. The van der Waals surface area contributed by atoms with E-state index in [2.05, 4.69) is 0 Å². The van der Waals surface area contributed by atoms with Crippen molar-refractivity contribution >= 4 is 45.3 Å². The zero-order valence-electron chi connectivity index (χ0n) is 13.7. The summed E-state index contributed by atoms with van der Waals surface area (Å²) >= 11 is 10.7. The predicted molar refractivity (Wildman–Crippen MR) is 100 cm³/mol. The van der Waals surface area contributed by atoms with Crippen LogP contribution in [0.5, 0.6) is 0 Å². The number of carbonyl (C=O) groups is 2. The number of amides is 2. The Morgan fingerprint density at radius 3 is 1.33 bits per heavy atom. The average molecular weight is 367 g/mol. The van der Waals surface area contributed by atoms with Gasteiger partial charge in [0.25, 0.3) is 0 Å². The van der Waals surface area contributed by atoms with E-state index in [1.807, 2.05) is 74.5 Å². The summed E-state index contributed by atoms with van der Waals surface area (Å²) in [4.78, 5) is 24.7. The number of hydrogen-bond donors (Lipinski definition) is 0. The number of benzene rings is 2. The van der Waals surface area contributed by atoms with Gasteiger partial charge in [-0.05, 0) is 61.3 Å². The highest BCUT2D eigenvalue weighted by atomic mass is 35.5. The van der Waals surface area contributed by atoms with E-state index < -0.39 is 5.37 Å². The molecule has 0 fully saturated rings. The summed E-state index contributed by atoms with van der Waals surface area (Å²) in [6.45, 7) is 5.17. The fourth-order valence-corrected chi connectivity index (χ4v) is 2.41. The molecule has 0 aliphatic heterocycles. The minimum atomic E-state index is -0.516. The highest BCUT2D eigenvalue weighted by molar-refractivity contribution is 6.67. The second-order valence-electron chi connectivity index (χ2n) is 4.68. The Labute approximate surface area is 152 Å². The van der Waals surface area contributed by atoms with Crippen LogP contribution in [0.2, 0.25) is 0 Å². The van der Waals surface area contributed by atoms with Crippen molar-refractivity contribution in [3.8, 4) is 0 Å². The molecule has 2 rings (SSSR count). The van der Waals surface area contributed by atoms with Crippen molar-refractivity contribution in [1.82, 2.24) is 4.90 Å². The van der Waals surface area contributed by atoms with Crippen molar-refractivity contribution < 1.29 is 9.59 Å². The molecule has 0 saturated carbocycles. The third kappa shape index (κ3) is 6.22. The average Bonchev–Trinajstić information content (AvgIpc) is 2.58. The molecular weight excluding hydrogens is 347 g/mol. The van der Waals surface area contributed by atoms with Gasteiger partial charge >= 0.3 is 10.7 Å². The normalized spacial score (nSPS) is 9.50. The van der Waals surface area contributed by atoms with Gasteiger partial charge in [0.15, 0.2) is 0 Å². The number of carbonyl (C=O) groups excluding carboxylic acids is 2. The van der Waals surface area contributed by atoms with Crippen LogP contribution in [-0.4, -0.2) is 28.7 Å². The summed E-state index contributed by atoms with van der Waals surface area (Å²) in [7, 11) is 0. The fourth-order valence-electron chi connectivity index (χ4n) is 1.98. The molecule has 0 aliphatic rings. The molecule has 2 amide bonds. The molecule has 0 N–H and O–H groups in total. The summed E-state index contributed by atoms with van der Waals surface area (Å²) in [5, 5.41) is -0.882. The van der Waals surface area contributed by atoms with Gasteiger partial charge in [-0.1, -0.05) is 36.4 Å². The largest absolute Gasteiger partial charge is 0.330 e. The Morgan fingerprint density at radius 1 is 0.750 bits per heavy atom. The summed E-state index contributed by atoms with van der Waals surface area (Å²) in [5.74, 6) is 0. The SMILES string of the molecule is CCN(CC)C(=O)Cl.O=C(Cl)N(c1ccccc1)c1ccccc1. The molecule has 0 bridgehead atoms. The maximum absolute atomic E-state index is 11.4. The first-order valence-corrected chi connectivity index (χ1v) is 8.30. The summed E-state index contributed by atoms with van der Waals surface area (Å²) in [5.41, 5.74) is 1.52. The van der Waals surface area contributed by atoms with E-state index in [0.717, 1.165) is 11.4 Å². The van der Waals surface area contributed by atoms with Crippen LogP contribution in [-0.2, 0) is 0 Å². The minimum absolute atomic E-state index is 0.366. The number of rotatable bonds is 4. The number of halogens is 2. The first-order chi connectivity index (χ1) is 11.5. The quantitative estimate of drug-likeness (QED) is 0.501. The van der Waals surface area contributed by atoms with Crippen molar-refractivity contribution in [1.29, 1.82) is 0 Å². The molecule has 0 unspecified atom stereocenters. The van der Waals surface area contributed by atoms with Crippen molar-refractivity contribution in [2.75, 3.05) is 18.0 Å². The van der Waals surface area contributed by atoms with Crippen molar-refractivity contribution in [2.45, 2.75) is 13.8 Å². The molecule has 128 valence electrons. The van der Waals surface area contributed by atoms with Crippen LogP contribution in [0.15, 0.2) is 60.7 Å². The lowest BCUT2D eigenvalue weighted by atomic mass is 10.2. The topological polar surface area (TPSA) is 40.6 Å². The summed E-state index contributed by atoms with van der Waals surface area (Å²) < 4.78 is 0.